The van der Waals surface area contributed by atoms with Crippen LogP contribution in [0.25, 0.3) is 11.1 Å². The summed E-state index contributed by atoms with van der Waals surface area (Å²) in [4.78, 5) is 14.7. The number of H-pyrrole nitrogens is 1. The van der Waals surface area contributed by atoms with Crippen molar-refractivity contribution in [2.75, 3.05) is 6.61 Å². The number of nitriles is 1. The average molecular weight is 395 g/mol. The number of nitrogens with one attached hydrogen (secondary N) is 1. The molecule has 1 heterocycles. The maximum absolute atomic E-state index is 12.1. The standard InChI is InChI=1S/C22H19ClN2O3/c1-3-27-21-11-16(18-9-14(2)25-22(26)19(18)12-24)7-8-20(21)28-13-15-5-4-6-17(23)10-15/h4-11H,3,13H2,1-2H3,(H,25,26). The van der Waals surface area contributed by atoms with Crippen molar-refractivity contribution in [2.45, 2.75) is 20.5 Å². The van der Waals surface area contributed by atoms with E-state index in [4.69, 9.17) is 21.1 Å². The number of ether oxygens (including phenoxy) is 2. The molecule has 1 aromatic heterocycles. The van der Waals surface area contributed by atoms with E-state index in [1.54, 1.807) is 25.1 Å². The van der Waals surface area contributed by atoms with Crippen LogP contribution in [-0.2, 0) is 6.61 Å². The van der Waals surface area contributed by atoms with Crippen molar-refractivity contribution in [3.63, 3.8) is 0 Å². The van der Waals surface area contributed by atoms with E-state index in [1.165, 1.54) is 0 Å². The second-order valence-electron chi connectivity index (χ2n) is 6.20. The first-order valence-electron chi connectivity index (χ1n) is 8.80. The van der Waals surface area contributed by atoms with Gasteiger partial charge in [-0.2, -0.15) is 5.26 Å². The van der Waals surface area contributed by atoms with Gasteiger partial charge in [0.25, 0.3) is 5.56 Å². The molecule has 2 aromatic carbocycles. The molecule has 0 aliphatic heterocycles. The van der Waals surface area contributed by atoms with Crippen LogP contribution in [0.3, 0.4) is 0 Å². The third-order valence-electron chi connectivity index (χ3n) is 4.12. The summed E-state index contributed by atoms with van der Waals surface area (Å²) >= 11 is 6.02. The monoisotopic (exact) mass is 394 g/mol. The summed E-state index contributed by atoms with van der Waals surface area (Å²) in [7, 11) is 0. The SMILES string of the molecule is CCOc1cc(-c2cc(C)[nH]c(=O)c2C#N)ccc1OCc1cccc(Cl)c1. The van der Waals surface area contributed by atoms with Crippen LogP contribution in [0.1, 0.15) is 23.7 Å². The zero-order chi connectivity index (χ0) is 20.1. The minimum absolute atomic E-state index is 0.0700. The fraction of sp³-hybridized carbons (Fsp3) is 0.182. The summed E-state index contributed by atoms with van der Waals surface area (Å²) in [5.74, 6) is 1.12. The highest BCUT2D eigenvalue weighted by Crippen LogP contribution is 2.34. The van der Waals surface area contributed by atoms with Gasteiger partial charge < -0.3 is 14.5 Å². The molecule has 0 saturated carbocycles. The molecule has 0 radical (unpaired) electrons. The first kappa shape index (κ1) is 19.5. The Morgan fingerprint density at radius 1 is 1.11 bits per heavy atom. The Kier molecular flexibility index (Phi) is 6.03. The maximum atomic E-state index is 12.1. The lowest BCUT2D eigenvalue weighted by Crippen LogP contribution is -2.12. The van der Waals surface area contributed by atoms with E-state index in [0.29, 0.717) is 46.6 Å². The number of pyridine rings is 1. The topological polar surface area (TPSA) is 75.1 Å². The molecule has 0 spiro atoms. The van der Waals surface area contributed by atoms with Gasteiger partial charge in [-0.3, -0.25) is 4.79 Å². The zero-order valence-corrected chi connectivity index (χ0v) is 16.3. The molecule has 0 fully saturated rings. The first-order chi connectivity index (χ1) is 13.5. The predicted octanol–water partition coefficient (Wildman–Crippen LogP) is 4.85. The van der Waals surface area contributed by atoms with Gasteiger partial charge in [-0.1, -0.05) is 29.8 Å². The van der Waals surface area contributed by atoms with Crippen LogP contribution >= 0.6 is 11.6 Å². The van der Waals surface area contributed by atoms with Gasteiger partial charge in [0.1, 0.15) is 18.2 Å². The molecule has 142 valence electrons. The summed E-state index contributed by atoms with van der Waals surface area (Å²) in [5.41, 5.74) is 2.56. The molecule has 0 amide bonds. The van der Waals surface area contributed by atoms with E-state index in [9.17, 15) is 10.1 Å². The molecule has 0 unspecified atom stereocenters. The van der Waals surface area contributed by atoms with Crippen molar-refractivity contribution < 1.29 is 9.47 Å². The number of nitrogens with zero attached hydrogens (tertiary/aromatic N) is 1. The molecule has 0 saturated heterocycles. The van der Waals surface area contributed by atoms with E-state index >= 15 is 0 Å². The molecule has 0 atom stereocenters. The van der Waals surface area contributed by atoms with Gasteiger partial charge in [0.2, 0.25) is 0 Å². The third-order valence-corrected chi connectivity index (χ3v) is 4.35. The molecule has 28 heavy (non-hydrogen) atoms. The van der Waals surface area contributed by atoms with Crippen molar-refractivity contribution in [3.05, 3.63) is 80.7 Å². The predicted molar refractivity (Wildman–Crippen MR) is 109 cm³/mol. The number of rotatable bonds is 6. The van der Waals surface area contributed by atoms with Crippen LogP contribution in [0.5, 0.6) is 11.5 Å². The fourth-order valence-corrected chi connectivity index (χ4v) is 3.09. The Morgan fingerprint density at radius 2 is 1.93 bits per heavy atom. The van der Waals surface area contributed by atoms with Gasteiger partial charge in [0.15, 0.2) is 11.5 Å². The van der Waals surface area contributed by atoms with E-state index in [0.717, 1.165) is 5.56 Å². The molecule has 0 bridgehead atoms. The highest BCUT2D eigenvalue weighted by atomic mass is 35.5. The molecule has 5 nitrogen and oxygen atoms in total. The summed E-state index contributed by atoms with van der Waals surface area (Å²) in [5, 5.41) is 10.0. The molecule has 0 aliphatic carbocycles. The molecule has 6 heteroatoms. The number of hydrogen-bond donors (Lipinski definition) is 1. The van der Waals surface area contributed by atoms with Crippen LogP contribution in [-0.4, -0.2) is 11.6 Å². The van der Waals surface area contributed by atoms with Crippen molar-refractivity contribution >= 4 is 11.6 Å². The Hall–Kier alpha value is -3.23. The number of benzene rings is 2. The van der Waals surface area contributed by atoms with Crippen LogP contribution < -0.4 is 15.0 Å². The van der Waals surface area contributed by atoms with Crippen molar-refractivity contribution in [1.29, 1.82) is 5.26 Å². The van der Waals surface area contributed by atoms with Gasteiger partial charge in [-0.15, -0.1) is 0 Å². The third kappa shape index (κ3) is 4.36. The van der Waals surface area contributed by atoms with Gasteiger partial charge in [-0.05, 0) is 55.3 Å². The quantitative estimate of drug-likeness (QED) is 0.648. The van der Waals surface area contributed by atoms with Gasteiger partial charge in [0, 0.05) is 16.3 Å². The maximum Gasteiger partial charge on any atom is 0.266 e. The Balaban J connectivity index is 1.96. The van der Waals surface area contributed by atoms with E-state index in [1.807, 2.05) is 43.3 Å². The normalized spacial score (nSPS) is 10.4. The first-order valence-corrected chi connectivity index (χ1v) is 9.18. The van der Waals surface area contributed by atoms with Gasteiger partial charge in [-0.25, -0.2) is 0 Å². The number of hydrogen-bond acceptors (Lipinski definition) is 4. The number of aryl methyl sites for hydroxylation is 1. The summed E-state index contributed by atoms with van der Waals surface area (Å²) in [6.07, 6.45) is 0. The van der Waals surface area contributed by atoms with Crippen molar-refractivity contribution in [3.8, 4) is 28.7 Å². The minimum atomic E-state index is -0.406. The average Bonchev–Trinajstić information content (AvgIpc) is 2.67. The van der Waals surface area contributed by atoms with Crippen molar-refractivity contribution in [1.82, 2.24) is 4.98 Å². The largest absolute Gasteiger partial charge is 0.490 e. The molecule has 3 aromatic rings. The smallest absolute Gasteiger partial charge is 0.266 e. The van der Waals surface area contributed by atoms with E-state index in [-0.39, 0.29) is 5.56 Å². The Labute approximate surface area is 168 Å². The Morgan fingerprint density at radius 3 is 2.64 bits per heavy atom. The second-order valence-corrected chi connectivity index (χ2v) is 6.63. The molecular formula is C22H19ClN2O3. The Bertz CT molecular complexity index is 1100. The molecule has 0 aliphatic rings. The van der Waals surface area contributed by atoms with Crippen LogP contribution in [0.2, 0.25) is 5.02 Å². The molecular weight excluding hydrogens is 376 g/mol. The van der Waals surface area contributed by atoms with E-state index < -0.39 is 5.56 Å². The molecule has 3 rings (SSSR count). The number of aromatic nitrogens is 1. The van der Waals surface area contributed by atoms with E-state index in [2.05, 4.69) is 4.98 Å². The lowest BCUT2D eigenvalue weighted by atomic mass is 10.0. The highest BCUT2D eigenvalue weighted by Gasteiger charge is 2.14. The van der Waals surface area contributed by atoms with Crippen molar-refractivity contribution in [2.24, 2.45) is 0 Å². The fourth-order valence-electron chi connectivity index (χ4n) is 2.88. The summed E-state index contributed by atoms with van der Waals surface area (Å²) in [6, 6.07) is 16.6. The van der Waals surface area contributed by atoms with Gasteiger partial charge >= 0.3 is 0 Å². The van der Waals surface area contributed by atoms with Crippen LogP contribution in [0.4, 0.5) is 0 Å². The number of aromatic amines is 1. The molecule has 1 N–H and O–H groups in total. The zero-order valence-electron chi connectivity index (χ0n) is 15.6. The lowest BCUT2D eigenvalue weighted by molar-refractivity contribution is 0.269. The highest BCUT2D eigenvalue weighted by molar-refractivity contribution is 6.30. The number of halogens is 1. The van der Waals surface area contributed by atoms with Gasteiger partial charge in [0.05, 0.1) is 6.61 Å². The summed E-state index contributed by atoms with van der Waals surface area (Å²) < 4.78 is 11.6. The minimum Gasteiger partial charge on any atom is -0.490 e. The van der Waals surface area contributed by atoms with Crippen LogP contribution in [0.15, 0.2) is 53.3 Å². The summed E-state index contributed by atoms with van der Waals surface area (Å²) in [6.45, 7) is 4.45. The lowest BCUT2D eigenvalue weighted by Gasteiger charge is -2.14. The van der Waals surface area contributed by atoms with Crippen LogP contribution in [0, 0.1) is 18.3 Å². The second kappa shape index (κ2) is 8.64.